The molecule has 0 fully saturated rings. The molecule has 1 aliphatic rings. The summed E-state index contributed by atoms with van der Waals surface area (Å²) < 4.78 is 1.60. The topological polar surface area (TPSA) is 72.7 Å². The summed E-state index contributed by atoms with van der Waals surface area (Å²) >= 11 is 0. The van der Waals surface area contributed by atoms with Crippen LogP contribution < -0.4 is 5.32 Å². The minimum atomic E-state index is 0.0650. The zero-order valence-corrected chi connectivity index (χ0v) is 11.9. The zero-order chi connectivity index (χ0) is 14.7. The van der Waals surface area contributed by atoms with Crippen LogP contribution in [-0.4, -0.2) is 26.1 Å². The molecular formula is C15H17N5O. The maximum absolute atomic E-state index is 12.2. The van der Waals surface area contributed by atoms with Gasteiger partial charge in [-0.05, 0) is 41.8 Å². The molecular weight excluding hydrogens is 266 g/mol. The van der Waals surface area contributed by atoms with Crippen molar-refractivity contribution < 1.29 is 4.79 Å². The van der Waals surface area contributed by atoms with E-state index in [1.165, 1.54) is 0 Å². The molecule has 3 rings (SSSR count). The van der Waals surface area contributed by atoms with E-state index >= 15 is 0 Å². The molecule has 21 heavy (non-hydrogen) atoms. The van der Waals surface area contributed by atoms with Gasteiger partial charge in [0.2, 0.25) is 5.91 Å². The quantitative estimate of drug-likeness (QED) is 0.876. The van der Waals surface area contributed by atoms with Gasteiger partial charge in [0.25, 0.3) is 0 Å². The predicted octanol–water partition coefficient (Wildman–Crippen LogP) is 2.17. The van der Waals surface area contributed by atoms with E-state index in [2.05, 4.69) is 33.0 Å². The first-order chi connectivity index (χ1) is 10.2. The van der Waals surface area contributed by atoms with Crippen molar-refractivity contribution in [3.05, 3.63) is 36.4 Å². The van der Waals surface area contributed by atoms with Crippen LogP contribution in [0.4, 0.5) is 5.69 Å². The summed E-state index contributed by atoms with van der Waals surface area (Å²) in [5, 5.41) is 14.4. The first-order valence-corrected chi connectivity index (χ1v) is 7.02. The third-order valence-electron chi connectivity index (χ3n) is 3.65. The van der Waals surface area contributed by atoms with Crippen molar-refractivity contribution in [3.8, 4) is 11.4 Å². The molecule has 1 N–H and O–H groups in total. The van der Waals surface area contributed by atoms with E-state index in [1.54, 1.807) is 11.7 Å². The number of hydrogen-bond acceptors (Lipinski definition) is 4. The number of rotatable bonds is 3. The monoisotopic (exact) mass is 283 g/mol. The van der Waals surface area contributed by atoms with Crippen LogP contribution in [0.2, 0.25) is 0 Å². The van der Waals surface area contributed by atoms with E-state index in [4.69, 9.17) is 0 Å². The Labute approximate surface area is 122 Å². The molecule has 0 bridgehead atoms. The molecule has 0 radical (unpaired) electrons. The summed E-state index contributed by atoms with van der Waals surface area (Å²) in [6.07, 6.45) is 6.91. The molecule has 1 heterocycles. The molecule has 1 atom stereocenters. The van der Waals surface area contributed by atoms with Gasteiger partial charge in [-0.3, -0.25) is 4.79 Å². The van der Waals surface area contributed by atoms with Crippen LogP contribution in [0.1, 0.15) is 19.3 Å². The highest BCUT2D eigenvalue weighted by atomic mass is 16.1. The van der Waals surface area contributed by atoms with Gasteiger partial charge in [-0.2, -0.15) is 0 Å². The number of carbonyl (C=O) groups excluding carboxylic acids is 1. The molecule has 0 saturated carbocycles. The lowest BCUT2D eigenvalue weighted by Gasteiger charge is -2.17. The van der Waals surface area contributed by atoms with E-state index in [-0.39, 0.29) is 11.8 Å². The average Bonchev–Trinajstić information content (AvgIpc) is 2.94. The summed E-state index contributed by atoms with van der Waals surface area (Å²) in [5.74, 6) is 0.814. The van der Waals surface area contributed by atoms with E-state index in [1.807, 2.05) is 24.3 Å². The molecule has 0 unspecified atom stereocenters. The summed E-state index contributed by atoms with van der Waals surface area (Å²) in [5.41, 5.74) is 1.65. The Morgan fingerprint density at radius 3 is 3.00 bits per heavy atom. The van der Waals surface area contributed by atoms with Crippen molar-refractivity contribution in [1.29, 1.82) is 0 Å². The van der Waals surface area contributed by atoms with Crippen LogP contribution in [0.3, 0.4) is 0 Å². The molecule has 0 spiro atoms. The van der Waals surface area contributed by atoms with E-state index in [0.717, 1.165) is 30.5 Å². The van der Waals surface area contributed by atoms with Gasteiger partial charge in [0.15, 0.2) is 5.82 Å². The molecule has 1 aromatic carbocycles. The number of aromatic nitrogens is 4. The average molecular weight is 283 g/mol. The lowest BCUT2D eigenvalue weighted by molar-refractivity contribution is -0.120. The van der Waals surface area contributed by atoms with Crippen molar-refractivity contribution in [2.45, 2.75) is 19.3 Å². The number of amides is 1. The highest BCUT2D eigenvalue weighted by molar-refractivity contribution is 5.93. The Morgan fingerprint density at radius 1 is 1.38 bits per heavy atom. The Balaban J connectivity index is 1.76. The number of hydrogen-bond donors (Lipinski definition) is 1. The van der Waals surface area contributed by atoms with E-state index in [0.29, 0.717) is 5.82 Å². The van der Waals surface area contributed by atoms with Crippen LogP contribution in [0.25, 0.3) is 11.4 Å². The Bertz CT molecular complexity index is 676. The Hall–Kier alpha value is -2.50. The van der Waals surface area contributed by atoms with Crippen LogP contribution >= 0.6 is 0 Å². The molecule has 2 aromatic rings. The number of carbonyl (C=O) groups is 1. The minimum Gasteiger partial charge on any atom is -0.326 e. The number of allylic oxidation sites excluding steroid dienone is 2. The van der Waals surface area contributed by atoms with Gasteiger partial charge in [-0.25, -0.2) is 4.68 Å². The number of nitrogens with one attached hydrogen (secondary N) is 1. The zero-order valence-electron chi connectivity index (χ0n) is 11.9. The maximum Gasteiger partial charge on any atom is 0.227 e. The minimum absolute atomic E-state index is 0.0650. The highest BCUT2D eigenvalue weighted by Gasteiger charge is 2.18. The van der Waals surface area contributed by atoms with Gasteiger partial charge in [-0.15, -0.1) is 5.10 Å². The fraction of sp³-hybridized carbons (Fsp3) is 0.333. The van der Waals surface area contributed by atoms with Crippen LogP contribution in [0.15, 0.2) is 36.4 Å². The number of anilines is 1. The first-order valence-electron chi connectivity index (χ1n) is 7.02. The number of tetrazole rings is 1. The van der Waals surface area contributed by atoms with Crippen molar-refractivity contribution in [1.82, 2.24) is 20.2 Å². The lowest BCUT2D eigenvalue weighted by Crippen LogP contribution is -2.23. The standard InChI is InChI=1S/C15H17N5O/c1-20-14(17-18-19-20)12-8-5-9-13(10-12)16-15(21)11-6-3-2-4-7-11/h2-3,5,8-11H,4,6-7H2,1H3,(H,16,21)/t11-/m1/s1. The summed E-state index contributed by atoms with van der Waals surface area (Å²) in [6, 6.07) is 7.58. The number of aryl methyl sites for hydroxylation is 1. The van der Waals surface area contributed by atoms with Crippen molar-refractivity contribution >= 4 is 11.6 Å². The smallest absolute Gasteiger partial charge is 0.227 e. The van der Waals surface area contributed by atoms with Gasteiger partial charge >= 0.3 is 0 Å². The largest absolute Gasteiger partial charge is 0.326 e. The second-order valence-electron chi connectivity index (χ2n) is 5.18. The van der Waals surface area contributed by atoms with E-state index in [9.17, 15) is 4.79 Å². The van der Waals surface area contributed by atoms with Crippen LogP contribution in [0, 0.1) is 5.92 Å². The fourth-order valence-electron chi connectivity index (χ4n) is 2.49. The predicted molar refractivity (Wildman–Crippen MR) is 79.3 cm³/mol. The highest BCUT2D eigenvalue weighted by Crippen LogP contribution is 2.23. The Morgan fingerprint density at radius 2 is 2.29 bits per heavy atom. The summed E-state index contributed by atoms with van der Waals surface area (Å²) in [7, 11) is 1.79. The van der Waals surface area contributed by atoms with Crippen molar-refractivity contribution in [2.75, 3.05) is 5.32 Å². The lowest BCUT2D eigenvalue weighted by atomic mass is 9.93. The number of benzene rings is 1. The van der Waals surface area contributed by atoms with Crippen LogP contribution in [0.5, 0.6) is 0 Å². The molecule has 108 valence electrons. The molecule has 0 saturated heterocycles. The van der Waals surface area contributed by atoms with Gasteiger partial charge in [-0.1, -0.05) is 24.3 Å². The molecule has 1 amide bonds. The van der Waals surface area contributed by atoms with Crippen LogP contribution in [-0.2, 0) is 11.8 Å². The SMILES string of the molecule is Cn1nnnc1-c1cccc(NC(=O)[C@@H]2CC=CCC2)c1. The van der Waals surface area contributed by atoms with Gasteiger partial charge in [0, 0.05) is 24.2 Å². The van der Waals surface area contributed by atoms with Gasteiger partial charge in [0.05, 0.1) is 0 Å². The first kappa shape index (κ1) is 13.5. The molecule has 1 aromatic heterocycles. The Kier molecular flexibility index (Phi) is 3.77. The fourth-order valence-corrected chi connectivity index (χ4v) is 2.49. The van der Waals surface area contributed by atoms with Gasteiger partial charge < -0.3 is 5.32 Å². The second kappa shape index (κ2) is 5.87. The van der Waals surface area contributed by atoms with Crippen molar-refractivity contribution in [2.24, 2.45) is 13.0 Å². The maximum atomic E-state index is 12.2. The normalized spacial score (nSPS) is 17.7. The summed E-state index contributed by atoms with van der Waals surface area (Å²) in [4.78, 5) is 12.2. The van der Waals surface area contributed by atoms with Gasteiger partial charge in [0.1, 0.15) is 0 Å². The summed E-state index contributed by atoms with van der Waals surface area (Å²) in [6.45, 7) is 0. The molecule has 6 nitrogen and oxygen atoms in total. The molecule has 0 aliphatic heterocycles. The third-order valence-corrected chi connectivity index (χ3v) is 3.65. The van der Waals surface area contributed by atoms with Crippen molar-refractivity contribution in [3.63, 3.8) is 0 Å². The molecule has 6 heteroatoms. The van der Waals surface area contributed by atoms with E-state index < -0.39 is 0 Å². The second-order valence-corrected chi connectivity index (χ2v) is 5.18. The molecule has 1 aliphatic carbocycles. The third kappa shape index (κ3) is 2.99. The number of nitrogens with zero attached hydrogens (tertiary/aromatic N) is 4.